The van der Waals surface area contributed by atoms with E-state index in [9.17, 15) is 14.4 Å². The van der Waals surface area contributed by atoms with Crippen LogP contribution in [0.4, 0.5) is 0 Å². The summed E-state index contributed by atoms with van der Waals surface area (Å²) < 4.78 is 43.6. The van der Waals surface area contributed by atoms with Gasteiger partial charge in [0.25, 0.3) is 0 Å². The number of hydrogen-bond donors (Lipinski definition) is 1. The number of ketones is 1. The molecule has 5 rings (SSSR count). The van der Waals surface area contributed by atoms with Crippen LogP contribution in [0.1, 0.15) is 72.7 Å². The maximum absolute atomic E-state index is 14.5. The van der Waals surface area contributed by atoms with E-state index in [1.54, 1.807) is 7.11 Å². The molecule has 2 aromatic carbocycles. The molecule has 3 saturated heterocycles. The van der Waals surface area contributed by atoms with Gasteiger partial charge in [0.05, 0.1) is 19.8 Å². The van der Waals surface area contributed by atoms with Crippen LogP contribution in [0.5, 0.6) is 5.75 Å². The molecule has 51 heavy (non-hydrogen) atoms. The highest BCUT2D eigenvalue weighted by molar-refractivity contribution is 7.99. The molecule has 11 atom stereocenters. The van der Waals surface area contributed by atoms with E-state index < -0.39 is 60.4 Å². The minimum atomic E-state index is -0.926. The number of thioether (sulfide) groups is 1. The van der Waals surface area contributed by atoms with E-state index >= 15 is 0 Å². The predicted molar refractivity (Wildman–Crippen MR) is 191 cm³/mol. The van der Waals surface area contributed by atoms with Gasteiger partial charge >= 0.3 is 5.97 Å². The first-order valence-electron chi connectivity index (χ1n) is 18.1. The zero-order valence-electron chi connectivity index (χ0n) is 30.7. The van der Waals surface area contributed by atoms with Crippen LogP contribution in [0.2, 0.25) is 0 Å². The molecule has 0 aliphatic carbocycles. The largest absolute Gasteiger partial charge is 0.497 e. The fourth-order valence-corrected chi connectivity index (χ4v) is 7.91. The first-order valence-corrected chi connectivity index (χ1v) is 18.9. The van der Waals surface area contributed by atoms with Crippen molar-refractivity contribution in [3.63, 3.8) is 0 Å². The van der Waals surface area contributed by atoms with Crippen molar-refractivity contribution < 1.29 is 47.5 Å². The van der Waals surface area contributed by atoms with Crippen molar-refractivity contribution in [3.8, 4) is 5.75 Å². The Labute approximate surface area is 305 Å². The molecule has 0 spiro atoms. The topological polar surface area (TPSA) is 128 Å². The predicted octanol–water partition coefficient (Wildman–Crippen LogP) is 5.88. The molecule has 280 valence electrons. The lowest BCUT2D eigenvalue weighted by Crippen LogP contribution is -2.67. The van der Waals surface area contributed by atoms with Gasteiger partial charge in [-0.25, -0.2) is 0 Å². The van der Waals surface area contributed by atoms with E-state index in [4.69, 9.17) is 33.2 Å². The van der Waals surface area contributed by atoms with E-state index in [0.717, 1.165) is 29.1 Å². The molecular weight excluding hydrogens is 674 g/mol. The SMILES string of the molecule is CCCCO[C@@H]1C(NC(=O)C2O[C@@H](CC(=O)C(C)C)C(OC(C)=O)[C@@H](C)[C@@H]2C)[C@H](Sc2ccc(OC)cc2)OC2COC(c3ccccc3)O[C@@H]21. The Bertz CT molecular complexity index is 1440. The number of amides is 1. The average Bonchev–Trinajstić information content (AvgIpc) is 3.12. The zero-order chi connectivity index (χ0) is 36.7. The second-order valence-electron chi connectivity index (χ2n) is 13.9. The van der Waals surface area contributed by atoms with Gasteiger partial charge in [-0.2, -0.15) is 0 Å². The Kier molecular flexibility index (Phi) is 14.0. The number of methoxy groups -OCH3 is 1. The Morgan fingerprint density at radius 3 is 2.33 bits per heavy atom. The Hall–Kier alpha value is -3.00. The van der Waals surface area contributed by atoms with Crippen LogP contribution >= 0.6 is 11.8 Å². The molecule has 0 saturated carbocycles. The Morgan fingerprint density at radius 1 is 0.961 bits per heavy atom. The van der Waals surface area contributed by atoms with Crippen LogP contribution < -0.4 is 10.1 Å². The van der Waals surface area contributed by atoms with Crippen molar-refractivity contribution in [2.75, 3.05) is 20.3 Å². The molecule has 0 bridgehead atoms. The van der Waals surface area contributed by atoms with Crippen molar-refractivity contribution in [3.05, 3.63) is 60.2 Å². The standard InChI is InChI=1S/C39H53NO10S/c1-8-9-19-45-36-32(40-37(43)34-24(5)23(4)33(47-25(6)41)30(48-34)20-29(42)22(2)3)39(51-28-17-15-27(44-7)16-18-28)49-31-21-46-38(50-35(31)36)26-13-11-10-12-14-26/h10-18,22-24,30-36,38-39H,8-9,19-21H2,1-7H3,(H,40,43)/t23-,24-,30-,31?,32?,33?,34?,35-,36+,38?,39-/m0/s1. The quantitative estimate of drug-likeness (QED) is 0.185. The highest BCUT2D eigenvalue weighted by Gasteiger charge is 2.53. The summed E-state index contributed by atoms with van der Waals surface area (Å²) >= 11 is 1.47. The van der Waals surface area contributed by atoms with Crippen molar-refractivity contribution >= 4 is 29.4 Å². The molecule has 11 nitrogen and oxygen atoms in total. The van der Waals surface area contributed by atoms with Crippen molar-refractivity contribution in [1.29, 1.82) is 0 Å². The molecule has 3 heterocycles. The monoisotopic (exact) mass is 727 g/mol. The number of ether oxygens (including phenoxy) is 7. The van der Waals surface area contributed by atoms with Crippen molar-refractivity contribution in [1.82, 2.24) is 5.32 Å². The fraction of sp³-hybridized carbons (Fsp3) is 0.615. The molecule has 12 heteroatoms. The summed E-state index contributed by atoms with van der Waals surface area (Å²) in [5.74, 6) is -0.969. The van der Waals surface area contributed by atoms with Crippen molar-refractivity contribution in [2.45, 2.75) is 120 Å². The summed E-state index contributed by atoms with van der Waals surface area (Å²) in [7, 11) is 1.62. The molecule has 0 aromatic heterocycles. The summed E-state index contributed by atoms with van der Waals surface area (Å²) in [6.45, 7) is 11.7. The van der Waals surface area contributed by atoms with Gasteiger partial charge in [0.15, 0.2) is 6.29 Å². The van der Waals surface area contributed by atoms with Gasteiger partial charge in [0, 0.05) is 42.2 Å². The van der Waals surface area contributed by atoms with Gasteiger partial charge in [-0.3, -0.25) is 14.4 Å². The Balaban J connectivity index is 1.46. The molecular formula is C39H53NO10S. The lowest BCUT2D eigenvalue weighted by molar-refractivity contribution is -0.311. The first-order chi connectivity index (χ1) is 24.5. The minimum absolute atomic E-state index is 0.0279. The van der Waals surface area contributed by atoms with Crippen LogP contribution in [0.3, 0.4) is 0 Å². The summed E-state index contributed by atoms with van der Waals surface area (Å²) in [5, 5.41) is 3.28. The second-order valence-corrected chi connectivity index (χ2v) is 15.1. The number of benzene rings is 2. The van der Waals surface area contributed by atoms with Gasteiger partial charge in [-0.1, -0.05) is 83.1 Å². The average molecular weight is 728 g/mol. The maximum Gasteiger partial charge on any atom is 0.303 e. The van der Waals surface area contributed by atoms with Gasteiger partial charge in [0.1, 0.15) is 53.6 Å². The number of rotatable bonds is 14. The molecule has 3 aliphatic heterocycles. The molecule has 1 N–H and O–H groups in total. The molecule has 2 aromatic rings. The number of nitrogens with one attached hydrogen (secondary N) is 1. The third kappa shape index (κ3) is 9.71. The molecule has 3 fully saturated rings. The Morgan fingerprint density at radius 2 is 1.69 bits per heavy atom. The molecule has 5 unspecified atom stereocenters. The van der Waals surface area contributed by atoms with E-state index in [1.165, 1.54) is 18.7 Å². The van der Waals surface area contributed by atoms with Crippen LogP contribution in [0, 0.1) is 17.8 Å². The third-order valence-corrected chi connectivity index (χ3v) is 11.1. The highest BCUT2D eigenvalue weighted by atomic mass is 32.2. The number of unbranched alkanes of at least 4 members (excludes halogenated alkanes) is 1. The number of carbonyl (C=O) groups excluding carboxylic acids is 3. The van der Waals surface area contributed by atoms with Gasteiger partial charge < -0.3 is 38.5 Å². The normalized spacial score (nSPS) is 32.1. The summed E-state index contributed by atoms with van der Waals surface area (Å²) in [4.78, 5) is 40.4. The first kappa shape index (κ1) is 39.2. The van der Waals surface area contributed by atoms with E-state index in [1.807, 2.05) is 82.3 Å². The lowest BCUT2D eigenvalue weighted by Gasteiger charge is -2.50. The molecule has 3 aliphatic rings. The molecule has 0 radical (unpaired) electrons. The number of hydrogen-bond acceptors (Lipinski definition) is 11. The summed E-state index contributed by atoms with van der Waals surface area (Å²) in [6.07, 6.45) is -2.81. The smallest absolute Gasteiger partial charge is 0.303 e. The number of carbonyl (C=O) groups is 3. The van der Waals surface area contributed by atoms with Crippen LogP contribution in [-0.2, 0) is 42.8 Å². The van der Waals surface area contributed by atoms with Gasteiger partial charge in [-0.05, 0) is 36.6 Å². The zero-order valence-corrected chi connectivity index (χ0v) is 31.5. The van der Waals surface area contributed by atoms with E-state index in [2.05, 4.69) is 12.2 Å². The number of fused-ring (bicyclic) bond motifs is 1. The van der Waals surface area contributed by atoms with Crippen LogP contribution in [-0.4, -0.2) is 86.1 Å². The van der Waals surface area contributed by atoms with E-state index in [0.29, 0.717) is 6.61 Å². The lowest BCUT2D eigenvalue weighted by atomic mass is 9.79. The summed E-state index contributed by atoms with van der Waals surface area (Å²) in [5.41, 5.74) is 0.292. The van der Waals surface area contributed by atoms with Gasteiger partial charge in [-0.15, -0.1) is 0 Å². The fourth-order valence-electron chi connectivity index (χ4n) is 6.78. The third-order valence-electron chi connectivity index (χ3n) is 9.96. The second kappa shape index (κ2) is 18.2. The molecule has 1 amide bonds. The highest BCUT2D eigenvalue weighted by Crippen LogP contribution is 2.41. The van der Waals surface area contributed by atoms with E-state index in [-0.39, 0.29) is 42.5 Å². The summed E-state index contributed by atoms with van der Waals surface area (Å²) in [6, 6.07) is 16.7. The number of esters is 1. The van der Waals surface area contributed by atoms with Crippen molar-refractivity contribution in [2.24, 2.45) is 17.8 Å². The number of Topliss-reactive ketones (excluding diaryl/α,β-unsaturated/α-hetero) is 1. The van der Waals surface area contributed by atoms with Gasteiger partial charge in [0.2, 0.25) is 5.91 Å². The van der Waals surface area contributed by atoms with Crippen LogP contribution in [0.15, 0.2) is 59.5 Å². The maximum atomic E-state index is 14.5. The van der Waals surface area contributed by atoms with Crippen LogP contribution in [0.25, 0.3) is 0 Å². The minimum Gasteiger partial charge on any atom is -0.497 e.